The Morgan fingerprint density at radius 2 is 2.05 bits per heavy atom. The molecule has 0 radical (unpaired) electrons. The maximum atomic E-state index is 11.5. The van der Waals surface area contributed by atoms with Crippen molar-refractivity contribution in [1.29, 1.82) is 0 Å². The number of oxazole rings is 1. The van der Waals surface area contributed by atoms with Crippen molar-refractivity contribution in [3.8, 4) is 0 Å². The number of nitrogens with zero attached hydrogens (tertiary/aromatic N) is 3. The molecule has 0 aliphatic carbocycles. The molecule has 0 saturated heterocycles. The van der Waals surface area contributed by atoms with Gasteiger partial charge in [0.15, 0.2) is 5.96 Å². The molecule has 0 spiro atoms. The van der Waals surface area contributed by atoms with Crippen LogP contribution in [0, 0.1) is 13.8 Å². The average molecular weight is 295 g/mol. The maximum absolute atomic E-state index is 11.5. The van der Waals surface area contributed by atoms with Crippen LogP contribution in [0.25, 0.3) is 0 Å². The number of aryl methyl sites for hydroxylation is 2. The summed E-state index contributed by atoms with van der Waals surface area (Å²) in [6.07, 6.45) is 0.425. The number of carbonyl (C=O) groups excluding carboxylic acids is 1. The number of aliphatic imine (C=N–C) groups is 1. The molecule has 0 atom stereocenters. The van der Waals surface area contributed by atoms with Crippen LogP contribution in [-0.4, -0.2) is 48.9 Å². The summed E-state index contributed by atoms with van der Waals surface area (Å²) in [7, 11) is 3.49. The van der Waals surface area contributed by atoms with Crippen LogP contribution in [0.3, 0.4) is 0 Å². The highest BCUT2D eigenvalue weighted by atomic mass is 16.4. The summed E-state index contributed by atoms with van der Waals surface area (Å²) < 4.78 is 5.48. The topological polar surface area (TPSA) is 82.8 Å². The van der Waals surface area contributed by atoms with Gasteiger partial charge in [0.1, 0.15) is 12.3 Å². The normalized spacial score (nSPS) is 11.4. The van der Waals surface area contributed by atoms with Gasteiger partial charge in [-0.05, 0) is 20.8 Å². The first-order valence-corrected chi connectivity index (χ1v) is 7.09. The molecule has 1 rings (SSSR count). The van der Waals surface area contributed by atoms with E-state index in [0.717, 1.165) is 18.0 Å². The molecule has 0 fully saturated rings. The van der Waals surface area contributed by atoms with Crippen LogP contribution < -0.4 is 10.6 Å². The van der Waals surface area contributed by atoms with E-state index in [9.17, 15) is 4.79 Å². The Bertz CT molecular complexity index is 474. The van der Waals surface area contributed by atoms with Crippen molar-refractivity contribution in [1.82, 2.24) is 20.5 Å². The quantitative estimate of drug-likeness (QED) is 0.600. The highest BCUT2D eigenvalue weighted by molar-refractivity contribution is 5.81. The first-order chi connectivity index (χ1) is 9.93. The van der Waals surface area contributed by atoms with E-state index in [0.29, 0.717) is 31.4 Å². The number of carbonyl (C=O) groups is 1. The number of nitrogens with one attached hydrogen (secondary N) is 2. The van der Waals surface area contributed by atoms with E-state index in [-0.39, 0.29) is 5.91 Å². The van der Waals surface area contributed by atoms with Crippen LogP contribution in [0.15, 0.2) is 9.41 Å². The number of guanidine groups is 1. The second kappa shape index (κ2) is 8.28. The zero-order chi connectivity index (χ0) is 15.8. The van der Waals surface area contributed by atoms with Crippen molar-refractivity contribution < 1.29 is 9.21 Å². The van der Waals surface area contributed by atoms with Crippen molar-refractivity contribution in [3.05, 3.63) is 17.3 Å². The fourth-order valence-electron chi connectivity index (χ4n) is 1.61. The SMILES string of the molecule is CCNC(=NCc1nc(C)c(C)o1)NCCC(=O)N(C)C. The van der Waals surface area contributed by atoms with Gasteiger partial charge in [0, 0.05) is 33.6 Å². The van der Waals surface area contributed by atoms with E-state index >= 15 is 0 Å². The van der Waals surface area contributed by atoms with Crippen LogP contribution in [0.4, 0.5) is 0 Å². The Hall–Kier alpha value is -2.05. The molecule has 118 valence electrons. The van der Waals surface area contributed by atoms with Gasteiger partial charge in [-0.2, -0.15) is 0 Å². The molecule has 7 nitrogen and oxygen atoms in total. The van der Waals surface area contributed by atoms with E-state index < -0.39 is 0 Å². The maximum Gasteiger partial charge on any atom is 0.223 e. The third-order valence-corrected chi connectivity index (χ3v) is 2.92. The Kier molecular flexibility index (Phi) is 6.71. The van der Waals surface area contributed by atoms with Gasteiger partial charge >= 0.3 is 0 Å². The van der Waals surface area contributed by atoms with Crippen molar-refractivity contribution in [3.63, 3.8) is 0 Å². The van der Waals surface area contributed by atoms with E-state index in [1.54, 1.807) is 19.0 Å². The molecule has 0 saturated carbocycles. The zero-order valence-electron chi connectivity index (χ0n) is 13.5. The molecular weight excluding hydrogens is 270 g/mol. The van der Waals surface area contributed by atoms with Gasteiger partial charge in [0.25, 0.3) is 0 Å². The summed E-state index contributed by atoms with van der Waals surface area (Å²) in [6.45, 7) is 7.42. The highest BCUT2D eigenvalue weighted by Gasteiger charge is 2.06. The van der Waals surface area contributed by atoms with Gasteiger partial charge in [-0.15, -0.1) is 0 Å². The van der Waals surface area contributed by atoms with Gasteiger partial charge in [-0.3, -0.25) is 4.79 Å². The lowest BCUT2D eigenvalue weighted by Gasteiger charge is -2.13. The first kappa shape index (κ1) is 17.0. The predicted molar refractivity (Wildman–Crippen MR) is 82.1 cm³/mol. The third kappa shape index (κ3) is 5.85. The molecule has 0 bridgehead atoms. The van der Waals surface area contributed by atoms with Crippen LogP contribution >= 0.6 is 0 Å². The molecule has 2 N–H and O–H groups in total. The van der Waals surface area contributed by atoms with Crippen molar-refractivity contribution in [2.45, 2.75) is 33.7 Å². The van der Waals surface area contributed by atoms with E-state index in [2.05, 4.69) is 20.6 Å². The number of hydrogen-bond donors (Lipinski definition) is 2. The first-order valence-electron chi connectivity index (χ1n) is 7.09. The third-order valence-electron chi connectivity index (χ3n) is 2.92. The van der Waals surface area contributed by atoms with Gasteiger partial charge in [0.2, 0.25) is 11.8 Å². The van der Waals surface area contributed by atoms with Crippen molar-refractivity contribution in [2.75, 3.05) is 27.2 Å². The lowest BCUT2D eigenvalue weighted by atomic mass is 10.4. The van der Waals surface area contributed by atoms with Gasteiger partial charge in [-0.1, -0.05) is 0 Å². The minimum atomic E-state index is 0.0808. The average Bonchev–Trinajstić information content (AvgIpc) is 2.74. The Morgan fingerprint density at radius 1 is 1.33 bits per heavy atom. The summed E-state index contributed by atoms with van der Waals surface area (Å²) in [4.78, 5) is 21.8. The molecule has 7 heteroatoms. The predicted octanol–water partition coefficient (Wildman–Crippen LogP) is 0.825. The van der Waals surface area contributed by atoms with Crippen molar-refractivity contribution >= 4 is 11.9 Å². The number of hydrogen-bond acceptors (Lipinski definition) is 4. The fraction of sp³-hybridized carbons (Fsp3) is 0.643. The Morgan fingerprint density at radius 3 is 2.57 bits per heavy atom. The number of aromatic nitrogens is 1. The standard InChI is InChI=1S/C14H25N5O2/c1-6-15-14(16-8-7-13(20)19(4)5)17-9-12-18-10(2)11(3)21-12/h6-9H2,1-5H3,(H2,15,16,17). The van der Waals surface area contributed by atoms with Crippen molar-refractivity contribution in [2.24, 2.45) is 4.99 Å². The van der Waals surface area contributed by atoms with Crippen LogP contribution in [0.2, 0.25) is 0 Å². The zero-order valence-corrected chi connectivity index (χ0v) is 13.5. The van der Waals surface area contributed by atoms with E-state index in [1.165, 1.54) is 0 Å². The molecule has 0 aliphatic rings. The fourth-order valence-corrected chi connectivity index (χ4v) is 1.61. The molecular formula is C14H25N5O2. The lowest BCUT2D eigenvalue weighted by Crippen LogP contribution is -2.39. The van der Waals surface area contributed by atoms with E-state index in [4.69, 9.17) is 4.42 Å². The molecule has 0 aromatic carbocycles. The minimum absolute atomic E-state index is 0.0808. The monoisotopic (exact) mass is 295 g/mol. The molecule has 1 heterocycles. The molecule has 0 unspecified atom stereocenters. The molecule has 1 aromatic heterocycles. The second-order valence-corrected chi connectivity index (χ2v) is 4.91. The summed E-state index contributed by atoms with van der Waals surface area (Å²) in [5.74, 6) is 2.14. The van der Waals surface area contributed by atoms with Gasteiger partial charge in [0.05, 0.1) is 5.69 Å². The molecule has 1 amide bonds. The second-order valence-electron chi connectivity index (χ2n) is 4.91. The molecule has 1 aromatic rings. The number of amides is 1. The summed E-state index contributed by atoms with van der Waals surface area (Å²) in [5, 5.41) is 6.24. The summed E-state index contributed by atoms with van der Waals surface area (Å²) in [6, 6.07) is 0. The highest BCUT2D eigenvalue weighted by Crippen LogP contribution is 2.08. The minimum Gasteiger partial charge on any atom is -0.444 e. The number of rotatable bonds is 6. The largest absolute Gasteiger partial charge is 0.444 e. The molecule has 21 heavy (non-hydrogen) atoms. The molecule has 0 aliphatic heterocycles. The Balaban J connectivity index is 2.51. The lowest BCUT2D eigenvalue weighted by molar-refractivity contribution is -0.128. The Labute approximate surface area is 125 Å². The smallest absolute Gasteiger partial charge is 0.223 e. The van der Waals surface area contributed by atoms with Crippen LogP contribution in [-0.2, 0) is 11.3 Å². The van der Waals surface area contributed by atoms with Gasteiger partial charge < -0.3 is 20.0 Å². The summed E-state index contributed by atoms with van der Waals surface area (Å²) >= 11 is 0. The van der Waals surface area contributed by atoms with E-state index in [1.807, 2.05) is 20.8 Å². The van der Waals surface area contributed by atoms with Crippen LogP contribution in [0.1, 0.15) is 30.7 Å². The van der Waals surface area contributed by atoms with Gasteiger partial charge in [-0.25, -0.2) is 9.98 Å². The van der Waals surface area contributed by atoms with Crippen LogP contribution in [0.5, 0.6) is 0 Å². The summed E-state index contributed by atoms with van der Waals surface area (Å²) in [5.41, 5.74) is 0.884.